The van der Waals surface area contributed by atoms with Gasteiger partial charge in [0.05, 0.1) is 22.6 Å². The van der Waals surface area contributed by atoms with E-state index in [9.17, 15) is 13.6 Å². The summed E-state index contributed by atoms with van der Waals surface area (Å²) in [6, 6.07) is 14.9. The molecule has 0 saturated heterocycles. The Morgan fingerprint density at radius 3 is 2.53 bits per heavy atom. The summed E-state index contributed by atoms with van der Waals surface area (Å²) >= 11 is 3.45. The van der Waals surface area contributed by atoms with Crippen molar-refractivity contribution < 1.29 is 13.6 Å². The van der Waals surface area contributed by atoms with Gasteiger partial charge in [-0.15, -0.1) is 0 Å². The predicted octanol–water partition coefficient (Wildman–Crippen LogP) is 4.96. The number of halogens is 3. The van der Waals surface area contributed by atoms with Crippen molar-refractivity contribution in [3.63, 3.8) is 0 Å². The molecular formula is C23H18BrF2N5O. The third kappa shape index (κ3) is 4.11. The zero-order chi connectivity index (χ0) is 23.0. The number of nitrogens with one attached hydrogen (secondary N) is 1. The van der Waals surface area contributed by atoms with Crippen LogP contribution >= 0.6 is 15.9 Å². The van der Waals surface area contributed by atoms with Crippen LogP contribution in [0.5, 0.6) is 0 Å². The number of anilines is 1. The molecule has 0 fully saturated rings. The number of amidine groups is 1. The Morgan fingerprint density at radius 1 is 1.06 bits per heavy atom. The molecule has 4 rings (SSSR count). The van der Waals surface area contributed by atoms with Gasteiger partial charge in [0.1, 0.15) is 23.2 Å². The highest BCUT2D eigenvalue weighted by Gasteiger charge is 2.19. The van der Waals surface area contributed by atoms with Gasteiger partial charge < -0.3 is 11.1 Å². The highest BCUT2D eigenvalue weighted by molar-refractivity contribution is 9.10. The number of benzene rings is 3. The number of hydrogen-bond acceptors (Lipinski definition) is 3. The van der Waals surface area contributed by atoms with Gasteiger partial charge in [-0.1, -0.05) is 28.1 Å². The van der Waals surface area contributed by atoms with Gasteiger partial charge in [-0.2, -0.15) is 5.10 Å². The molecule has 0 radical (unpaired) electrons. The van der Waals surface area contributed by atoms with Crippen LogP contribution in [0.2, 0.25) is 0 Å². The fourth-order valence-electron chi connectivity index (χ4n) is 3.34. The molecule has 0 atom stereocenters. The van der Waals surface area contributed by atoms with Crippen molar-refractivity contribution in [2.45, 2.75) is 6.92 Å². The lowest BCUT2D eigenvalue weighted by Crippen LogP contribution is -2.19. The smallest absolute Gasteiger partial charge is 0.274 e. The Balaban J connectivity index is 1.70. The molecule has 9 heteroatoms. The number of aromatic nitrogens is 2. The van der Waals surface area contributed by atoms with E-state index in [1.54, 1.807) is 13.0 Å². The number of fused-ring (bicyclic) bond motifs is 1. The van der Waals surface area contributed by atoms with Crippen molar-refractivity contribution in [1.29, 1.82) is 0 Å². The largest absolute Gasteiger partial charge is 0.383 e. The third-order valence-electron chi connectivity index (χ3n) is 4.92. The van der Waals surface area contributed by atoms with Gasteiger partial charge in [0.2, 0.25) is 0 Å². The highest BCUT2D eigenvalue weighted by atomic mass is 79.9. The second kappa shape index (κ2) is 8.51. The van der Waals surface area contributed by atoms with Crippen LogP contribution in [0.25, 0.3) is 16.5 Å². The fraction of sp³-hybridized carbons (Fsp3) is 0.0870. The van der Waals surface area contributed by atoms with Gasteiger partial charge >= 0.3 is 0 Å². The maximum atomic E-state index is 14.5. The summed E-state index contributed by atoms with van der Waals surface area (Å²) in [6.45, 7) is 1.74. The zero-order valence-corrected chi connectivity index (χ0v) is 18.7. The molecule has 162 valence electrons. The van der Waals surface area contributed by atoms with E-state index in [4.69, 9.17) is 5.73 Å². The number of amides is 1. The van der Waals surface area contributed by atoms with Crippen molar-refractivity contribution in [2.75, 3.05) is 12.4 Å². The second-order valence-electron chi connectivity index (χ2n) is 7.13. The summed E-state index contributed by atoms with van der Waals surface area (Å²) in [5, 5.41) is 8.80. The molecule has 1 aromatic heterocycles. The van der Waals surface area contributed by atoms with Gasteiger partial charge in [-0.25, -0.2) is 13.5 Å². The van der Waals surface area contributed by atoms with E-state index < -0.39 is 17.5 Å². The molecule has 0 aliphatic rings. The Morgan fingerprint density at radius 2 is 1.78 bits per heavy atom. The summed E-state index contributed by atoms with van der Waals surface area (Å²) in [4.78, 5) is 16.6. The number of carbonyl (C=O) groups is 1. The van der Waals surface area contributed by atoms with Gasteiger partial charge in [0.15, 0.2) is 0 Å². The van der Waals surface area contributed by atoms with E-state index in [2.05, 4.69) is 31.3 Å². The minimum absolute atomic E-state index is 0.142. The van der Waals surface area contributed by atoms with Crippen LogP contribution in [0, 0.1) is 18.6 Å². The van der Waals surface area contributed by atoms with E-state index >= 15 is 0 Å². The first kappa shape index (κ1) is 21.6. The molecule has 0 unspecified atom stereocenters. The quantitative estimate of drug-likeness (QED) is 0.308. The Bertz CT molecular complexity index is 1400. The van der Waals surface area contributed by atoms with Crippen LogP contribution in [0.1, 0.15) is 21.7 Å². The fourth-order valence-corrected chi connectivity index (χ4v) is 3.72. The molecule has 1 amide bonds. The van der Waals surface area contributed by atoms with Gasteiger partial charge in [0.25, 0.3) is 5.91 Å². The molecule has 0 spiro atoms. The molecule has 0 aliphatic heterocycles. The maximum absolute atomic E-state index is 14.5. The van der Waals surface area contributed by atoms with Crippen LogP contribution in [-0.2, 0) is 0 Å². The lowest BCUT2D eigenvalue weighted by Gasteiger charge is -2.11. The molecule has 3 N–H and O–H groups in total. The van der Waals surface area contributed by atoms with Crippen molar-refractivity contribution >= 4 is 44.1 Å². The molecule has 3 aromatic carbocycles. The van der Waals surface area contributed by atoms with Crippen LogP contribution in [0.15, 0.2) is 64.1 Å². The molecular weight excluding hydrogens is 480 g/mol. The topological polar surface area (TPSA) is 85.3 Å². The molecule has 4 aromatic rings. The first-order chi connectivity index (χ1) is 15.3. The van der Waals surface area contributed by atoms with E-state index in [0.717, 1.165) is 27.4 Å². The van der Waals surface area contributed by atoms with Gasteiger partial charge in [-0.3, -0.25) is 9.79 Å². The average molecular weight is 498 g/mol. The minimum Gasteiger partial charge on any atom is -0.383 e. The molecule has 6 nitrogen and oxygen atoms in total. The van der Waals surface area contributed by atoms with Gasteiger partial charge in [-0.05, 0) is 54.1 Å². The van der Waals surface area contributed by atoms with E-state index in [-0.39, 0.29) is 22.8 Å². The minimum atomic E-state index is -0.833. The summed E-state index contributed by atoms with van der Waals surface area (Å²) in [7, 11) is 1.37. The maximum Gasteiger partial charge on any atom is 0.274 e. The lowest BCUT2D eigenvalue weighted by atomic mass is 10.1. The van der Waals surface area contributed by atoms with Crippen LogP contribution in [-0.4, -0.2) is 28.6 Å². The molecule has 0 saturated carbocycles. The number of aliphatic imine (C=N–C) groups is 1. The van der Waals surface area contributed by atoms with Crippen LogP contribution in [0.4, 0.5) is 14.5 Å². The van der Waals surface area contributed by atoms with E-state index in [1.807, 2.05) is 36.4 Å². The summed E-state index contributed by atoms with van der Waals surface area (Å²) in [5.74, 6) is -2.41. The second-order valence-corrected chi connectivity index (χ2v) is 8.05. The van der Waals surface area contributed by atoms with E-state index in [1.165, 1.54) is 11.7 Å². The highest BCUT2D eigenvalue weighted by Crippen LogP contribution is 2.25. The SMILES string of the molecule is CN=C(N)c1cc(F)c(NC(=O)c2cc(C)nn2-c2ccc3cc(Br)ccc3c2)cc1F. The van der Waals surface area contributed by atoms with Crippen LogP contribution < -0.4 is 11.1 Å². The van der Waals surface area contributed by atoms with Crippen molar-refractivity contribution in [2.24, 2.45) is 10.7 Å². The Kier molecular flexibility index (Phi) is 5.75. The summed E-state index contributed by atoms with van der Waals surface area (Å²) in [6.07, 6.45) is 0. The van der Waals surface area contributed by atoms with Crippen molar-refractivity contribution in [1.82, 2.24) is 9.78 Å². The molecule has 32 heavy (non-hydrogen) atoms. The summed E-state index contributed by atoms with van der Waals surface area (Å²) < 4.78 is 31.3. The number of carbonyl (C=O) groups excluding carboxylic acids is 1. The number of hydrogen-bond donors (Lipinski definition) is 2. The summed E-state index contributed by atoms with van der Waals surface area (Å²) in [5.41, 5.74) is 6.53. The van der Waals surface area contributed by atoms with Crippen molar-refractivity contribution in [3.05, 3.63) is 87.7 Å². The molecule has 0 bridgehead atoms. The average Bonchev–Trinajstić information content (AvgIpc) is 3.17. The zero-order valence-electron chi connectivity index (χ0n) is 17.2. The molecule has 1 heterocycles. The predicted molar refractivity (Wildman–Crippen MR) is 124 cm³/mol. The first-order valence-electron chi connectivity index (χ1n) is 9.56. The normalized spacial score (nSPS) is 11.7. The monoisotopic (exact) mass is 497 g/mol. The number of aryl methyl sites for hydroxylation is 1. The Hall–Kier alpha value is -3.59. The molecule has 0 aliphatic carbocycles. The van der Waals surface area contributed by atoms with Gasteiger partial charge in [0, 0.05) is 17.6 Å². The Labute approximate surface area is 190 Å². The standard InChI is InChI=1S/C23H18BrF2N5O/c1-12-7-21(23(32)29-20-11-18(25)17(10-19(20)26)22(27)28-2)31(30-12)16-6-4-13-8-15(24)5-3-14(13)9-16/h3-11H,1-2H3,(H2,27,28)(H,29,32). The van der Waals surface area contributed by atoms with Crippen molar-refractivity contribution in [3.8, 4) is 5.69 Å². The van der Waals surface area contributed by atoms with E-state index in [0.29, 0.717) is 11.4 Å². The first-order valence-corrected chi connectivity index (χ1v) is 10.4. The number of nitrogens with zero attached hydrogens (tertiary/aromatic N) is 3. The third-order valence-corrected chi connectivity index (χ3v) is 5.41. The number of rotatable bonds is 4. The van der Waals surface area contributed by atoms with Crippen LogP contribution in [0.3, 0.4) is 0 Å². The number of nitrogens with two attached hydrogens (primary N) is 1. The lowest BCUT2D eigenvalue weighted by molar-refractivity contribution is 0.101.